The largest absolute Gasteiger partial charge is 0.495 e. The number of nitrogens with zero attached hydrogens (tertiary/aromatic N) is 1. The lowest BCUT2D eigenvalue weighted by Crippen LogP contribution is -2.39. The highest BCUT2D eigenvalue weighted by atomic mass is 16.5. The molecule has 18 heavy (non-hydrogen) atoms. The predicted molar refractivity (Wildman–Crippen MR) is 71.2 cm³/mol. The molecular formula is C14H21NO3. The summed E-state index contributed by atoms with van der Waals surface area (Å²) in [7, 11) is 3.70. The van der Waals surface area contributed by atoms with Gasteiger partial charge in [0.05, 0.1) is 26.0 Å². The second-order valence-corrected chi connectivity index (χ2v) is 4.99. The Morgan fingerprint density at radius 3 is 2.83 bits per heavy atom. The summed E-state index contributed by atoms with van der Waals surface area (Å²) in [6, 6.07) is 7.92. The van der Waals surface area contributed by atoms with E-state index >= 15 is 0 Å². The molecule has 4 heteroatoms. The summed E-state index contributed by atoms with van der Waals surface area (Å²) in [5, 5.41) is 9.60. The van der Waals surface area contributed by atoms with Gasteiger partial charge in [0.1, 0.15) is 5.75 Å². The first-order valence-electron chi connectivity index (χ1n) is 6.23. The highest BCUT2D eigenvalue weighted by molar-refractivity contribution is 5.58. The number of hydrogen-bond acceptors (Lipinski definition) is 4. The molecule has 1 N–H and O–H groups in total. The van der Waals surface area contributed by atoms with E-state index in [4.69, 9.17) is 9.47 Å². The summed E-state index contributed by atoms with van der Waals surface area (Å²) in [5.41, 5.74) is 0.898. The van der Waals surface area contributed by atoms with Gasteiger partial charge in [-0.25, -0.2) is 0 Å². The standard InChI is InChI=1S/C14H21NO3/c1-15(9-14(10-16)7-8-18-11-14)12-5-3-4-6-13(12)17-2/h3-6,16H,7-11H2,1-2H3. The van der Waals surface area contributed by atoms with E-state index in [-0.39, 0.29) is 12.0 Å². The fourth-order valence-electron chi connectivity index (χ4n) is 2.48. The van der Waals surface area contributed by atoms with Crippen LogP contribution in [-0.2, 0) is 4.74 Å². The predicted octanol–water partition coefficient (Wildman–Crippen LogP) is 1.53. The first-order valence-corrected chi connectivity index (χ1v) is 6.23. The molecule has 0 spiro atoms. The van der Waals surface area contributed by atoms with Gasteiger partial charge in [0.15, 0.2) is 0 Å². The highest BCUT2D eigenvalue weighted by Gasteiger charge is 2.35. The second-order valence-electron chi connectivity index (χ2n) is 4.99. The third kappa shape index (κ3) is 2.60. The lowest BCUT2D eigenvalue weighted by Gasteiger charge is -2.32. The van der Waals surface area contributed by atoms with Crippen LogP contribution >= 0.6 is 0 Å². The molecule has 1 saturated heterocycles. The first kappa shape index (κ1) is 13.2. The number of anilines is 1. The number of aliphatic hydroxyl groups is 1. The SMILES string of the molecule is COc1ccccc1N(C)CC1(CO)CCOC1. The van der Waals surface area contributed by atoms with Crippen LogP contribution in [0.15, 0.2) is 24.3 Å². The van der Waals surface area contributed by atoms with Crippen LogP contribution in [0, 0.1) is 5.41 Å². The minimum atomic E-state index is -0.143. The fourth-order valence-corrected chi connectivity index (χ4v) is 2.48. The Morgan fingerprint density at radius 1 is 1.44 bits per heavy atom. The van der Waals surface area contributed by atoms with Gasteiger partial charge < -0.3 is 19.5 Å². The summed E-state index contributed by atoms with van der Waals surface area (Å²) in [6.45, 7) is 2.29. The smallest absolute Gasteiger partial charge is 0.142 e. The molecule has 0 aromatic heterocycles. The van der Waals surface area contributed by atoms with Crippen molar-refractivity contribution in [2.75, 3.05) is 45.4 Å². The van der Waals surface area contributed by atoms with Gasteiger partial charge in [-0.15, -0.1) is 0 Å². The number of methoxy groups -OCH3 is 1. The first-order chi connectivity index (χ1) is 8.71. The van der Waals surface area contributed by atoms with Gasteiger partial charge >= 0.3 is 0 Å². The molecule has 1 aromatic rings. The molecule has 1 aromatic carbocycles. The quantitative estimate of drug-likeness (QED) is 0.861. The van der Waals surface area contributed by atoms with Crippen LogP contribution in [0.2, 0.25) is 0 Å². The van der Waals surface area contributed by atoms with Gasteiger partial charge in [-0.2, -0.15) is 0 Å². The Labute approximate surface area is 108 Å². The molecule has 2 rings (SSSR count). The van der Waals surface area contributed by atoms with E-state index in [0.29, 0.717) is 6.61 Å². The van der Waals surface area contributed by atoms with Crippen molar-refractivity contribution < 1.29 is 14.6 Å². The number of aliphatic hydroxyl groups excluding tert-OH is 1. The Balaban J connectivity index is 2.13. The fraction of sp³-hybridized carbons (Fsp3) is 0.571. The molecule has 1 atom stereocenters. The maximum Gasteiger partial charge on any atom is 0.142 e. The minimum absolute atomic E-state index is 0.143. The zero-order valence-electron chi connectivity index (χ0n) is 11.1. The Hall–Kier alpha value is -1.26. The Bertz CT molecular complexity index is 388. The molecule has 4 nitrogen and oxygen atoms in total. The normalized spacial score (nSPS) is 23.1. The van der Waals surface area contributed by atoms with Crippen LogP contribution in [0.1, 0.15) is 6.42 Å². The molecule has 1 aliphatic rings. The molecule has 0 saturated carbocycles. The topological polar surface area (TPSA) is 41.9 Å². The maximum atomic E-state index is 9.60. The molecule has 1 heterocycles. The molecule has 1 fully saturated rings. The van der Waals surface area contributed by atoms with Crippen molar-refractivity contribution in [3.05, 3.63) is 24.3 Å². The van der Waals surface area contributed by atoms with Crippen molar-refractivity contribution in [1.29, 1.82) is 0 Å². The van der Waals surface area contributed by atoms with Crippen molar-refractivity contribution in [2.24, 2.45) is 5.41 Å². The van der Waals surface area contributed by atoms with Gasteiger partial charge in [-0.05, 0) is 18.6 Å². The van der Waals surface area contributed by atoms with Crippen LogP contribution in [-0.4, -0.2) is 45.6 Å². The molecule has 1 unspecified atom stereocenters. The maximum absolute atomic E-state index is 9.60. The van der Waals surface area contributed by atoms with Crippen molar-refractivity contribution in [2.45, 2.75) is 6.42 Å². The van der Waals surface area contributed by atoms with Crippen molar-refractivity contribution in [1.82, 2.24) is 0 Å². The van der Waals surface area contributed by atoms with E-state index in [1.165, 1.54) is 0 Å². The van der Waals surface area contributed by atoms with Crippen molar-refractivity contribution in [3.8, 4) is 5.75 Å². The number of hydrogen-bond donors (Lipinski definition) is 1. The van der Waals surface area contributed by atoms with Gasteiger partial charge in [0.25, 0.3) is 0 Å². The minimum Gasteiger partial charge on any atom is -0.495 e. The average molecular weight is 251 g/mol. The number of rotatable bonds is 5. The molecule has 1 aliphatic heterocycles. The summed E-state index contributed by atoms with van der Waals surface area (Å²) in [5.74, 6) is 0.854. The average Bonchev–Trinajstić information content (AvgIpc) is 2.87. The summed E-state index contributed by atoms with van der Waals surface area (Å²) >= 11 is 0. The molecule has 100 valence electrons. The Kier molecular flexibility index (Phi) is 4.09. The lowest BCUT2D eigenvalue weighted by atomic mass is 9.87. The van der Waals surface area contributed by atoms with E-state index in [2.05, 4.69) is 4.90 Å². The Morgan fingerprint density at radius 2 is 2.22 bits per heavy atom. The monoisotopic (exact) mass is 251 g/mol. The van der Waals surface area contributed by atoms with Crippen LogP contribution in [0.5, 0.6) is 5.75 Å². The van der Waals surface area contributed by atoms with Crippen LogP contribution in [0.25, 0.3) is 0 Å². The van der Waals surface area contributed by atoms with Crippen LogP contribution < -0.4 is 9.64 Å². The number of ether oxygens (including phenoxy) is 2. The van der Waals surface area contributed by atoms with E-state index in [1.807, 2.05) is 31.3 Å². The van der Waals surface area contributed by atoms with Crippen LogP contribution in [0.4, 0.5) is 5.69 Å². The summed E-state index contributed by atoms with van der Waals surface area (Å²) < 4.78 is 10.8. The van der Waals surface area contributed by atoms with E-state index < -0.39 is 0 Å². The third-order valence-electron chi connectivity index (χ3n) is 3.59. The van der Waals surface area contributed by atoms with Crippen molar-refractivity contribution in [3.63, 3.8) is 0 Å². The van der Waals surface area contributed by atoms with Crippen molar-refractivity contribution >= 4 is 5.69 Å². The summed E-state index contributed by atoms with van der Waals surface area (Å²) in [6.07, 6.45) is 0.906. The second kappa shape index (κ2) is 5.59. The zero-order valence-corrected chi connectivity index (χ0v) is 11.1. The molecule has 0 amide bonds. The van der Waals surface area contributed by atoms with Gasteiger partial charge in [-0.1, -0.05) is 12.1 Å². The summed E-state index contributed by atoms with van der Waals surface area (Å²) in [4.78, 5) is 2.13. The van der Waals surface area contributed by atoms with E-state index in [0.717, 1.165) is 31.0 Å². The van der Waals surface area contributed by atoms with Gasteiger partial charge in [0.2, 0.25) is 0 Å². The van der Waals surface area contributed by atoms with Crippen LogP contribution in [0.3, 0.4) is 0 Å². The van der Waals surface area contributed by atoms with Gasteiger partial charge in [-0.3, -0.25) is 0 Å². The molecule has 0 bridgehead atoms. The van der Waals surface area contributed by atoms with E-state index in [1.54, 1.807) is 7.11 Å². The van der Waals surface area contributed by atoms with Gasteiger partial charge in [0, 0.05) is 25.6 Å². The molecule has 0 aliphatic carbocycles. The zero-order chi connectivity index (χ0) is 13.0. The lowest BCUT2D eigenvalue weighted by molar-refractivity contribution is 0.0985. The third-order valence-corrected chi connectivity index (χ3v) is 3.59. The highest BCUT2D eigenvalue weighted by Crippen LogP contribution is 2.33. The van der Waals surface area contributed by atoms with E-state index in [9.17, 15) is 5.11 Å². The molecular weight excluding hydrogens is 230 g/mol. The molecule has 0 radical (unpaired) electrons. The number of benzene rings is 1. The number of para-hydroxylation sites is 2.